The predicted octanol–water partition coefficient (Wildman–Crippen LogP) is 4.29. The number of nitrogens with one attached hydrogen (secondary N) is 1. The van der Waals surface area contributed by atoms with Gasteiger partial charge in [-0.15, -0.1) is 11.3 Å². The van der Waals surface area contributed by atoms with Crippen molar-refractivity contribution in [1.82, 2.24) is 5.32 Å². The maximum Gasteiger partial charge on any atom is 0.0960 e. The van der Waals surface area contributed by atoms with Crippen LogP contribution in [0.15, 0.2) is 6.07 Å². The lowest BCUT2D eigenvalue weighted by molar-refractivity contribution is 0.197. The van der Waals surface area contributed by atoms with Crippen LogP contribution >= 0.6 is 22.9 Å². The largest absolute Gasteiger partial charge is 0.383 e. The molecule has 0 spiro atoms. The lowest BCUT2D eigenvalue weighted by Crippen LogP contribution is -2.25. The van der Waals surface area contributed by atoms with E-state index < -0.39 is 0 Å². The summed E-state index contributed by atoms with van der Waals surface area (Å²) in [5.74, 6) is 0. The van der Waals surface area contributed by atoms with E-state index in [0.717, 1.165) is 30.5 Å². The van der Waals surface area contributed by atoms with Crippen LogP contribution in [0.2, 0.25) is 4.34 Å². The fourth-order valence-corrected chi connectivity index (χ4v) is 3.20. The van der Waals surface area contributed by atoms with E-state index in [1.807, 2.05) is 0 Å². The van der Waals surface area contributed by atoms with E-state index in [0.29, 0.717) is 5.41 Å². The molecule has 0 fully saturated rings. The topological polar surface area (TPSA) is 21.3 Å². The number of halogens is 1. The fourth-order valence-electron chi connectivity index (χ4n) is 1.96. The molecule has 0 radical (unpaired) electrons. The van der Waals surface area contributed by atoms with Gasteiger partial charge in [0, 0.05) is 18.5 Å². The molecule has 0 aromatic carbocycles. The molecule has 1 heterocycles. The van der Waals surface area contributed by atoms with Gasteiger partial charge in [0.15, 0.2) is 0 Å². The average Bonchev–Trinajstić information content (AvgIpc) is 2.66. The third kappa shape index (κ3) is 6.75. The highest BCUT2D eigenvalue weighted by molar-refractivity contribution is 7.16. The molecule has 19 heavy (non-hydrogen) atoms. The quantitative estimate of drug-likeness (QED) is 0.687. The van der Waals surface area contributed by atoms with Gasteiger partial charge >= 0.3 is 0 Å². The second kappa shape index (κ2) is 8.25. The fraction of sp³-hybridized carbons (Fsp3) is 0.733. The molecule has 0 unspecified atom stereocenters. The zero-order valence-electron chi connectivity index (χ0n) is 12.5. The monoisotopic (exact) mass is 303 g/mol. The zero-order chi connectivity index (χ0) is 14.3. The van der Waals surface area contributed by atoms with Crippen LogP contribution in [0.3, 0.4) is 0 Å². The second-order valence-corrected chi connectivity index (χ2v) is 7.57. The van der Waals surface area contributed by atoms with Crippen molar-refractivity contribution in [3.05, 3.63) is 20.8 Å². The number of methoxy groups -OCH3 is 1. The first-order valence-electron chi connectivity index (χ1n) is 6.89. The molecular formula is C15H26ClNOS. The number of hydrogen-bond donors (Lipinski definition) is 1. The summed E-state index contributed by atoms with van der Waals surface area (Å²) in [6.45, 7) is 9.54. The minimum atomic E-state index is 0.366. The summed E-state index contributed by atoms with van der Waals surface area (Å²) in [6, 6.07) is 2.22. The molecule has 0 bridgehead atoms. The summed E-state index contributed by atoms with van der Waals surface area (Å²) < 4.78 is 5.96. The van der Waals surface area contributed by atoms with E-state index in [9.17, 15) is 0 Å². The van der Waals surface area contributed by atoms with Crippen LogP contribution in [0.4, 0.5) is 0 Å². The summed E-state index contributed by atoms with van der Waals surface area (Å²) in [4.78, 5) is 1.41. The maximum atomic E-state index is 6.11. The second-order valence-electron chi connectivity index (χ2n) is 5.83. The molecule has 0 atom stereocenters. The average molecular weight is 304 g/mol. The minimum Gasteiger partial charge on any atom is -0.383 e. The van der Waals surface area contributed by atoms with Crippen LogP contribution in [-0.4, -0.2) is 26.8 Å². The van der Waals surface area contributed by atoms with Gasteiger partial charge in [0.1, 0.15) is 0 Å². The first-order chi connectivity index (χ1) is 8.94. The van der Waals surface area contributed by atoms with E-state index in [-0.39, 0.29) is 0 Å². The number of hydrogen-bond acceptors (Lipinski definition) is 3. The molecule has 0 aliphatic carbocycles. The minimum absolute atomic E-state index is 0.366. The highest BCUT2D eigenvalue weighted by atomic mass is 35.5. The van der Waals surface area contributed by atoms with Gasteiger partial charge in [-0.1, -0.05) is 25.4 Å². The number of aryl methyl sites for hydroxylation is 2. The van der Waals surface area contributed by atoms with Crippen LogP contribution in [0.1, 0.15) is 37.1 Å². The van der Waals surface area contributed by atoms with E-state index in [2.05, 4.69) is 32.2 Å². The Balaban J connectivity index is 2.26. The van der Waals surface area contributed by atoms with Crippen LogP contribution in [0.25, 0.3) is 0 Å². The summed E-state index contributed by atoms with van der Waals surface area (Å²) in [5, 5.41) is 3.41. The first kappa shape index (κ1) is 17.0. The maximum absolute atomic E-state index is 6.11. The van der Waals surface area contributed by atoms with Crippen molar-refractivity contribution in [3.8, 4) is 0 Å². The van der Waals surface area contributed by atoms with Gasteiger partial charge in [0.2, 0.25) is 0 Å². The predicted molar refractivity (Wildman–Crippen MR) is 85.5 cm³/mol. The number of ether oxygens (including phenoxy) is 1. The van der Waals surface area contributed by atoms with Gasteiger partial charge in [-0.3, -0.25) is 0 Å². The molecule has 1 aromatic rings. The smallest absolute Gasteiger partial charge is 0.0960 e. The van der Waals surface area contributed by atoms with Gasteiger partial charge in [-0.05, 0) is 49.8 Å². The Kier molecular flexibility index (Phi) is 7.37. The Morgan fingerprint density at radius 1 is 1.32 bits per heavy atom. The van der Waals surface area contributed by atoms with Gasteiger partial charge in [0.05, 0.1) is 10.9 Å². The summed E-state index contributed by atoms with van der Waals surface area (Å²) in [7, 11) is 1.74. The van der Waals surface area contributed by atoms with Crippen LogP contribution in [0, 0.1) is 12.3 Å². The molecule has 0 aliphatic rings. The SMILES string of the molecule is COCCNCCC(C)(C)CCc1cc(C)c(Cl)s1. The normalized spacial score (nSPS) is 12.1. The van der Waals surface area contributed by atoms with Gasteiger partial charge in [-0.2, -0.15) is 0 Å². The highest BCUT2D eigenvalue weighted by Gasteiger charge is 2.17. The van der Waals surface area contributed by atoms with E-state index in [1.165, 1.54) is 23.3 Å². The summed E-state index contributed by atoms with van der Waals surface area (Å²) in [5.41, 5.74) is 1.57. The number of thiophene rings is 1. The molecule has 1 N–H and O–H groups in total. The first-order valence-corrected chi connectivity index (χ1v) is 8.08. The molecule has 0 aliphatic heterocycles. The standard InChI is InChI=1S/C15H26ClNOS/c1-12-11-13(19-14(12)16)5-6-15(2,3)7-8-17-9-10-18-4/h11,17H,5-10H2,1-4H3. The Labute approximate surface area is 126 Å². The van der Waals surface area contributed by atoms with E-state index in [1.54, 1.807) is 18.4 Å². The van der Waals surface area contributed by atoms with Gasteiger partial charge in [0.25, 0.3) is 0 Å². The molecule has 0 amide bonds. The van der Waals surface area contributed by atoms with Crippen molar-refractivity contribution in [3.63, 3.8) is 0 Å². The Morgan fingerprint density at radius 3 is 2.63 bits per heavy atom. The molecule has 1 rings (SSSR count). The summed E-state index contributed by atoms with van der Waals surface area (Å²) >= 11 is 7.83. The molecule has 0 saturated carbocycles. The Bertz CT molecular complexity index is 357. The van der Waals surface area contributed by atoms with Crippen LogP contribution in [-0.2, 0) is 11.2 Å². The lowest BCUT2D eigenvalue weighted by atomic mass is 9.84. The van der Waals surface area contributed by atoms with Crippen molar-refractivity contribution in [2.75, 3.05) is 26.8 Å². The molecule has 2 nitrogen and oxygen atoms in total. The van der Waals surface area contributed by atoms with E-state index in [4.69, 9.17) is 16.3 Å². The number of rotatable bonds is 9. The molecule has 1 aromatic heterocycles. The summed E-state index contributed by atoms with van der Waals surface area (Å²) in [6.07, 6.45) is 3.52. The zero-order valence-corrected chi connectivity index (χ0v) is 14.1. The Morgan fingerprint density at radius 2 is 2.05 bits per heavy atom. The van der Waals surface area contributed by atoms with Crippen molar-refractivity contribution in [1.29, 1.82) is 0 Å². The third-order valence-electron chi connectivity index (χ3n) is 3.42. The van der Waals surface area contributed by atoms with E-state index >= 15 is 0 Å². The van der Waals surface area contributed by atoms with Crippen molar-refractivity contribution < 1.29 is 4.74 Å². The van der Waals surface area contributed by atoms with Gasteiger partial charge < -0.3 is 10.1 Å². The van der Waals surface area contributed by atoms with Crippen molar-refractivity contribution in [2.24, 2.45) is 5.41 Å². The lowest BCUT2D eigenvalue weighted by Gasteiger charge is -2.24. The Hall–Kier alpha value is -0.0900. The third-order valence-corrected chi connectivity index (χ3v) is 5.03. The van der Waals surface area contributed by atoms with Gasteiger partial charge in [-0.25, -0.2) is 0 Å². The van der Waals surface area contributed by atoms with Crippen molar-refractivity contribution >= 4 is 22.9 Å². The molecule has 110 valence electrons. The highest BCUT2D eigenvalue weighted by Crippen LogP contribution is 2.32. The molecule has 4 heteroatoms. The van der Waals surface area contributed by atoms with Crippen LogP contribution < -0.4 is 5.32 Å². The molecular weight excluding hydrogens is 278 g/mol. The molecule has 0 saturated heterocycles. The van der Waals surface area contributed by atoms with Crippen LogP contribution in [0.5, 0.6) is 0 Å². The van der Waals surface area contributed by atoms with Crippen molar-refractivity contribution in [2.45, 2.75) is 40.0 Å².